The van der Waals surface area contributed by atoms with Gasteiger partial charge >= 0.3 is 5.97 Å². The molecule has 1 heterocycles. The van der Waals surface area contributed by atoms with Crippen LogP contribution >= 0.6 is 11.3 Å². The molecule has 0 spiro atoms. The van der Waals surface area contributed by atoms with Gasteiger partial charge in [-0.15, -0.1) is 11.3 Å². The minimum absolute atomic E-state index is 0.114. The van der Waals surface area contributed by atoms with Gasteiger partial charge in [0.25, 0.3) is 11.6 Å². The van der Waals surface area contributed by atoms with E-state index < -0.39 is 16.8 Å². The van der Waals surface area contributed by atoms with Gasteiger partial charge in [-0.25, -0.2) is 4.79 Å². The molecule has 148 valence electrons. The average Bonchev–Trinajstić information content (AvgIpc) is 3.01. The lowest BCUT2D eigenvalue weighted by Gasteiger charge is -2.19. The lowest BCUT2D eigenvalue weighted by Crippen LogP contribution is -2.17. The molecule has 1 aliphatic carbocycles. The second-order valence-corrected chi connectivity index (χ2v) is 7.92. The molecule has 0 radical (unpaired) electrons. The topological polar surface area (TPSA) is 98.5 Å². The summed E-state index contributed by atoms with van der Waals surface area (Å²) in [6.07, 6.45) is 2.88. The molecule has 2 aromatic rings. The molecule has 7 nitrogen and oxygen atoms in total. The number of hydrogen-bond donors (Lipinski definition) is 1. The Morgan fingerprint density at radius 2 is 2.14 bits per heavy atom. The molecule has 1 aromatic carbocycles. The van der Waals surface area contributed by atoms with Gasteiger partial charge in [0, 0.05) is 22.1 Å². The number of anilines is 1. The van der Waals surface area contributed by atoms with Crippen LogP contribution in [0.25, 0.3) is 0 Å². The Bertz CT molecular complexity index is 950. The first-order valence-electron chi connectivity index (χ1n) is 9.23. The fourth-order valence-corrected chi connectivity index (χ4v) is 4.99. The number of hydrogen-bond acceptors (Lipinski definition) is 6. The van der Waals surface area contributed by atoms with Crippen molar-refractivity contribution >= 4 is 33.9 Å². The van der Waals surface area contributed by atoms with E-state index in [1.165, 1.54) is 29.5 Å². The quantitative estimate of drug-likeness (QED) is 0.439. The fraction of sp³-hybridized carbons (Fsp3) is 0.400. The highest BCUT2D eigenvalue weighted by Crippen LogP contribution is 2.44. The van der Waals surface area contributed by atoms with Crippen molar-refractivity contribution in [2.24, 2.45) is 0 Å². The van der Waals surface area contributed by atoms with Gasteiger partial charge in [0.2, 0.25) is 0 Å². The summed E-state index contributed by atoms with van der Waals surface area (Å²) in [6, 6.07) is 4.38. The predicted molar refractivity (Wildman–Crippen MR) is 107 cm³/mol. The summed E-state index contributed by atoms with van der Waals surface area (Å²) in [4.78, 5) is 37.2. The maximum atomic E-state index is 12.9. The molecule has 0 saturated heterocycles. The Balaban J connectivity index is 2.01. The monoisotopic (exact) mass is 402 g/mol. The number of aryl methyl sites for hydroxylation is 1. The second-order valence-electron chi connectivity index (χ2n) is 6.82. The zero-order valence-corrected chi connectivity index (χ0v) is 16.9. The van der Waals surface area contributed by atoms with E-state index in [0.29, 0.717) is 10.6 Å². The molecule has 1 aromatic heterocycles. The normalized spacial score (nSPS) is 15.6. The number of nitrogens with zero attached hydrogens (tertiary/aromatic N) is 1. The fourth-order valence-electron chi connectivity index (χ4n) is 3.64. The van der Waals surface area contributed by atoms with Crippen LogP contribution in [0.2, 0.25) is 0 Å². The number of ether oxygens (including phenoxy) is 1. The molecular weight excluding hydrogens is 380 g/mol. The molecule has 1 aliphatic rings. The molecule has 1 amide bonds. The zero-order valence-electron chi connectivity index (χ0n) is 16.0. The van der Waals surface area contributed by atoms with Crippen LogP contribution in [0.5, 0.6) is 0 Å². The van der Waals surface area contributed by atoms with E-state index >= 15 is 0 Å². The summed E-state index contributed by atoms with van der Waals surface area (Å²) in [7, 11) is 0. The first kappa shape index (κ1) is 20.0. The summed E-state index contributed by atoms with van der Waals surface area (Å²) in [5, 5.41) is 14.4. The standard InChI is InChI=1S/C20H22N2O5S/c1-4-27-20(24)17-16-11(2)7-5-10-15(16)28-19(17)21-18(23)13-8-6-9-14(12(13)3)22(25)26/h6,8-9,11H,4-5,7,10H2,1-3H3,(H,21,23). The van der Waals surface area contributed by atoms with Gasteiger partial charge in [-0.05, 0) is 50.7 Å². The molecule has 1 unspecified atom stereocenters. The summed E-state index contributed by atoms with van der Waals surface area (Å²) in [5.74, 6) is -0.706. The smallest absolute Gasteiger partial charge is 0.341 e. The molecule has 28 heavy (non-hydrogen) atoms. The van der Waals surface area contributed by atoms with E-state index in [0.717, 1.165) is 29.7 Å². The van der Waals surface area contributed by atoms with E-state index in [-0.39, 0.29) is 29.3 Å². The van der Waals surface area contributed by atoms with Crippen LogP contribution < -0.4 is 5.32 Å². The molecule has 0 fully saturated rings. The maximum absolute atomic E-state index is 12.9. The molecule has 1 N–H and O–H groups in total. The third kappa shape index (κ3) is 3.64. The van der Waals surface area contributed by atoms with Crippen LogP contribution in [0.1, 0.15) is 69.3 Å². The third-order valence-corrected chi connectivity index (χ3v) is 6.19. The van der Waals surface area contributed by atoms with Crippen molar-refractivity contribution in [3.63, 3.8) is 0 Å². The lowest BCUT2D eigenvalue weighted by atomic mass is 9.86. The van der Waals surface area contributed by atoms with E-state index in [1.54, 1.807) is 13.8 Å². The van der Waals surface area contributed by atoms with Crippen LogP contribution in [0.15, 0.2) is 18.2 Å². The minimum atomic E-state index is -0.512. The minimum Gasteiger partial charge on any atom is -0.462 e. The Labute approximate surface area is 166 Å². The molecule has 3 rings (SSSR count). The summed E-state index contributed by atoms with van der Waals surface area (Å²) >= 11 is 1.39. The molecule has 1 atom stereocenters. The van der Waals surface area contributed by atoms with Crippen molar-refractivity contribution in [3.05, 3.63) is 55.4 Å². The predicted octanol–water partition coefficient (Wildman–Crippen LogP) is 4.83. The van der Waals surface area contributed by atoms with Crippen LogP contribution in [0.3, 0.4) is 0 Å². The van der Waals surface area contributed by atoms with Gasteiger partial charge < -0.3 is 10.1 Å². The Morgan fingerprint density at radius 3 is 2.82 bits per heavy atom. The number of carbonyl (C=O) groups excluding carboxylic acids is 2. The number of benzene rings is 1. The number of thiophene rings is 1. The number of nitrogens with one attached hydrogen (secondary N) is 1. The first-order valence-corrected chi connectivity index (χ1v) is 10.0. The highest BCUT2D eigenvalue weighted by molar-refractivity contribution is 7.17. The van der Waals surface area contributed by atoms with Gasteiger partial charge in [-0.3, -0.25) is 14.9 Å². The highest BCUT2D eigenvalue weighted by atomic mass is 32.1. The maximum Gasteiger partial charge on any atom is 0.341 e. The van der Waals surface area contributed by atoms with Crippen LogP contribution in [-0.4, -0.2) is 23.4 Å². The van der Waals surface area contributed by atoms with Crippen molar-refractivity contribution in [2.75, 3.05) is 11.9 Å². The van der Waals surface area contributed by atoms with E-state index in [2.05, 4.69) is 12.2 Å². The summed E-state index contributed by atoms with van der Waals surface area (Å²) in [5.41, 5.74) is 1.77. The molecule has 8 heteroatoms. The van der Waals surface area contributed by atoms with Gasteiger partial charge in [0.15, 0.2) is 0 Å². The second kappa shape index (κ2) is 8.10. The van der Waals surface area contributed by atoms with Gasteiger partial charge in [-0.1, -0.05) is 13.0 Å². The third-order valence-electron chi connectivity index (χ3n) is 5.01. The lowest BCUT2D eigenvalue weighted by molar-refractivity contribution is -0.385. The van der Waals surface area contributed by atoms with Crippen LogP contribution in [0.4, 0.5) is 10.7 Å². The Hall–Kier alpha value is -2.74. The van der Waals surface area contributed by atoms with E-state index in [1.807, 2.05) is 0 Å². The van der Waals surface area contributed by atoms with Gasteiger partial charge in [0.1, 0.15) is 5.00 Å². The Morgan fingerprint density at radius 1 is 1.39 bits per heavy atom. The summed E-state index contributed by atoms with van der Waals surface area (Å²) in [6.45, 7) is 5.60. The number of carbonyl (C=O) groups is 2. The SMILES string of the molecule is CCOC(=O)c1c(NC(=O)c2cccc([N+](=O)[O-])c2C)sc2c1C(C)CCC2. The number of nitro benzene ring substituents is 1. The average molecular weight is 402 g/mol. The number of nitro groups is 1. The number of fused-ring (bicyclic) bond motifs is 1. The number of rotatable bonds is 5. The number of esters is 1. The van der Waals surface area contributed by atoms with Crippen molar-refractivity contribution in [3.8, 4) is 0 Å². The molecule has 0 saturated carbocycles. The van der Waals surface area contributed by atoms with Crippen LogP contribution in [-0.2, 0) is 11.2 Å². The van der Waals surface area contributed by atoms with E-state index in [4.69, 9.17) is 4.74 Å². The van der Waals surface area contributed by atoms with Crippen molar-refractivity contribution in [1.82, 2.24) is 0 Å². The van der Waals surface area contributed by atoms with Crippen molar-refractivity contribution < 1.29 is 19.2 Å². The van der Waals surface area contributed by atoms with Gasteiger partial charge in [-0.2, -0.15) is 0 Å². The van der Waals surface area contributed by atoms with Crippen molar-refractivity contribution in [2.45, 2.75) is 46.0 Å². The first-order chi connectivity index (χ1) is 13.3. The van der Waals surface area contributed by atoms with Crippen LogP contribution in [0, 0.1) is 17.0 Å². The largest absolute Gasteiger partial charge is 0.462 e. The zero-order chi connectivity index (χ0) is 20.4. The Kier molecular flexibility index (Phi) is 5.79. The highest BCUT2D eigenvalue weighted by Gasteiger charge is 2.31. The van der Waals surface area contributed by atoms with Crippen molar-refractivity contribution in [1.29, 1.82) is 0 Å². The van der Waals surface area contributed by atoms with Gasteiger partial charge in [0.05, 0.1) is 17.1 Å². The molecular formula is C20H22N2O5S. The van der Waals surface area contributed by atoms with E-state index in [9.17, 15) is 19.7 Å². The molecule has 0 aliphatic heterocycles. The number of amides is 1. The summed E-state index contributed by atoms with van der Waals surface area (Å²) < 4.78 is 5.23. The molecule has 0 bridgehead atoms.